The first kappa shape index (κ1) is 32.3. The van der Waals surface area contributed by atoms with Crippen LogP contribution in [-0.2, 0) is 5.41 Å². The van der Waals surface area contributed by atoms with Crippen molar-refractivity contribution in [3.8, 4) is 67.3 Å². The van der Waals surface area contributed by atoms with Crippen molar-refractivity contribution in [2.75, 3.05) is 0 Å². The zero-order valence-electron chi connectivity index (χ0n) is 30.5. The average molecular weight is 723 g/mol. The van der Waals surface area contributed by atoms with Gasteiger partial charge in [-0.3, -0.25) is 0 Å². The van der Waals surface area contributed by atoms with Gasteiger partial charge in [0.25, 0.3) is 0 Å². The molecule has 7 aromatic carbocycles. The van der Waals surface area contributed by atoms with E-state index in [1.165, 1.54) is 85.7 Å². The highest BCUT2D eigenvalue weighted by Gasteiger charge is 2.43. The summed E-state index contributed by atoms with van der Waals surface area (Å²) in [7, 11) is 0. The zero-order chi connectivity index (χ0) is 36.3. The molecular weight excluding hydrogens is 685 g/mol. The standard InChI is InChI=1S/C52H38N2S/c1-4-12-34(13-5-1)35-18-20-36(21-19-35)47-33-48(54-51(53-47)37-14-6-2-7-15-37)40-24-27-44-43-26-23-39(31-49(43)55-50(44)32-40)38-22-25-42-41-16-8-9-17-45(41)52(46(42)30-38)28-10-3-11-29-52/h1-2,4-9,12-27,30-33H,3,10-11,28-29H2. The first-order chi connectivity index (χ1) is 27.2. The molecule has 0 atom stereocenters. The molecule has 0 bridgehead atoms. The number of rotatable bonds is 5. The molecule has 1 saturated carbocycles. The maximum atomic E-state index is 5.15. The second-order valence-corrected chi connectivity index (χ2v) is 16.3. The molecule has 0 aliphatic heterocycles. The van der Waals surface area contributed by atoms with E-state index in [0.717, 1.165) is 33.9 Å². The fraction of sp³-hybridized carbons (Fsp3) is 0.115. The highest BCUT2D eigenvalue weighted by Crippen LogP contribution is 2.56. The second kappa shape index (κ2) is 13.0. The van der Waals surface area contributed by atoms with E-state index in [1.807, 2.05) is 29.5 Å². The highest BCUT2D eigenvalue weighted by molar-refractivity contribution is 7.25. The normalized spacial score (nSPS) is 14.3. The van der Waals surface area contributed by atoms with Crippen LogP contribution in [0.3, 0.4) is 0 Å². The van der Waals surface area contributed by atoms with Crippen molar-refractivity contribution in [3.05, 3.63) is 181 Å². The summed E-state index contributed by atoms with van der Waals surface area (Å²) >= 11 is 1.87. The van der Waals surface area contributed by atoms with Gasteiger partial charge >= 0.3 is 0 Å². The Hall–Kier alpha value is -6.16. The van der Waals surface area contributed by atoms with E-state index in [1.54, 1.807) is 11.1 Å². The van der Waals surface area contributed by atoms with Crippen LogP contribution in [0.1, 0.15) is 43.2 Å². The molecule has 1 spiro atoms. The minimum atomic E-state index is 0.158. The molecule has 2 nitrogen and oxygen atoms in total. The summed E-state index contributed by atoms with van der Waals surface area (Å²) in [5.74, 6) is 0.730. The third kappa shape index (κ3) is 5.45. The highest BCUT2D eigenvalue weighted by atomic mass is 32.1. The zero-order valence-corrected chi connectivity index (χ0v) is 31.3. The molecule has 0 radical (unpaired) electrons. The summed E-state index contributed by atoms with van der Waals surface area (Å²) in [6.07, 6.45) is 6.45. The lowest BCUT2D eigenvalue weighted by Gasteiger charge is -2.36. The lowest BCUT2D eigenvalue weighted by Crippen LogP contribution is -2.28. The molecule has 0 saturated heterocycles. The van der Waals surface area contributed by atoms with Crippen LogP contribution in [0, 0.1) is 0 Å². The van der Waals surface area contributed by atoms with Gasteiger partial charge in [-0.1, -0.05) is 165 Å². The monoisotopic (exact) mass is 722 g/mol. The lowest BCUT2D eigenvalue weighted by molar-refractivity contribution is 0.353. The molecule has 1 fully saturated rings. The molecule has 9 aromatic rings. The van der Waals surface area contributed by atoms with Crippen LogP contribution >= 0.6 is 11.3 Å². The van der Waals surface area contributed by atoms with Gasteiger partial charge in [0, 0.05) is 42.3 Å². The first-order valence-electron chi connectivity index (χ1n) is 19.5. The van der Waals surface area contributed by atoms with E-state index in [2.05, 4.69) is 152 Å². The molecule has 262 valence electrons. The van der Waals surface area contributed by atoms with E-state index in [4.69, 9.17) is 9.97 Å². The number of hydrogen-bond acceptors (Lipinski definition) is 3. The fourth-order valence-corrected chi connectivity index (χ4v) is 10.6. The minimum Gasteiger partial charge on any atom is -0.228 e. The van der Waals surface area contributed by atoms with E-state index in [-0.39, 0.29) is 5.41 Å². The van der Waals surface area contributed by atoms with Crippen molar-refractivity contribution in [1.82, 2.24) is 9.97 Å². The summed E-state index contributed by atoms with van der Waals surface area (Å²) < 4.78 is 2.58. The Morgan fingerprint density at radius 3 is 1.65 bits per heavy atom. The second-order valence-electron chi connectivity index (χ2n) is 15.2. The summed E-state index contributed by atoms with van der Waals surface area (Å²) in [6, 6.07) is 62.0. The van der Waals surface area contributed by atoms with E-state index >= 15 is 0 Å². The quantitative estimate of drug-likeness (QED) is 0.177. The van der Waals surface area contributed by atoms with Gasteiger partial charge in [-0.15, -0.1) is 11.3 Å². The van der Waals surface area contributed by atoms with Crippen molar-refractivity contribution in [2.45, 2.75) is 37.5 Å². The fourth-order valence-electron chi connectivity index (χ4n) is 9.37. The molecule has 2 heterocycles. The number of fused-ring (bicyclic) bond motifs is 8. The predicted molar refractivity (Wildman–Crippen MR) is 231 cm³/mol. The molecule has 3 heteroatoms. The molecule has 2 aliphatic carbocycles. The minimum absolute atomic E-state index is 0.158. The van der Waals surface area contributed by atoms with Gasteiger partial charge in [0.15, 0.2) is 5.82 Å². The molecule has 0 unspecified atom stereocenters. The van der Waals surface area contributed by atoms with Gasteiger partial charge in [-0.05, 0) is 81.6 Å². The van der Waals surface area contributed by atoms with Crippen LogP contribution in [0.5, 0.6) is 0 Å². The Bertz CT molecular complexity index is 2880. The molecule has 0 N–H and O–H groups in total. The third-order valence-electron chi connectivity index (χ3n) is 12.1. The Balaban J connectivity index is 0.974. The molecule has 11 rings (SSSR count). The largest absolute Gasteiger partial charge is 0.228 e. The van der Waals surface area contributed by atoms with E-state index in [9.17, 15) is 0 Å². The summed E-state index contributed by atoms with van der Waals surface area (Å²) in [4.78, 5) is 10.2. The van der Waals surface area contributed by atoms with Crippen LogP contribution in [-0.4, -0.2) is 9.97 Å². The first-order valence-corrected chi connectivity index (χ1v) is 20.3. The molecule has 55 heavy (non-hydrogen) atoms. The summed E-state index contributed by atoms with van der Waals surface area (Å²) in [5, 5.41) is 2.59. The Labute approximate surface area is 325 Å². The third-order valence-corrected chi connectivity index (χ3v) is 13.2. The number of thiophene rings is 1. The topological polar surface area (TPSA) is 25.8 Å². The van der Waals surface area contributed by atoms with Gasteiger partial charge in [0.2, 0.25) is 0 Å². The SMILES string of the molecule is c1ccc(-c2ccc(-c3cc(-c4ccc5c(c4)sc4cc(-c6ccc7c(c6)C6(CCCCC6)c6ccccc6-7)ccc45)nc(-c4ccccc4)n3)cc2)cc1. The van der Waals surface area contributed by atoms with Gasteiger partial charge in [0.1, 0.15) is 0 Å². The average Bonchev–Trinajstić information content (AvgIpc) is 3.76. The number of aromatic nitrogens is 2. The van der Waals surface area contributed by atoms with Crippen LogP contribution in [0.2, 0.25) is 0 Å². The van der Waals surface area contributed by atoms with Crippen molar-refractivity contribution in [2.24, 2.45) is 0 Å². The lowest BCUT2D eigenvalue weighted by atomic mass is 9.67. The smallest absolute Gasteiger partial charge is 0.160 e. The Morgan fingerprint density at radius 2 is 0.909 bits per heavy atom. The Kier molecular flexibility index (Phi) is 7.63. The van der Waals surface area contributed by atoms with Crippen molar-refractivity contribution >= 4 is 31.5 Å². The van der Waals surface area contributed by atoms with Gasteiger partial charge in [0.05, 0.1) is 11.4 Å². The number of benzene rings is 7. The Morgan fingerprint density at radius 1 is 0.382 bits per heavy atom. The van der Waals surface area contributed by atoms with Gasteiger partial charge in [-0.25, -0.2) is 9.97 Å². The van der Waals surface area contributed by atoms with E-state index in [0.29, 0.717) is 0 Å². The molecule has 0 amide bonds. The maximum absolute atomic E-state index is 5.15. The van der Waals surface area contributed by atoms with Crippen molar-refractivity contribution in [1.29, 1.82) is 0 Å². The molecule has 2 aliphatic rings. The maximum Gasteiger partial charge on any atom is 0.160 e. The van der Waals surface area contributed by atoms with Crippen molar-refractivity contribution in [3.63, 3.8) is 0 Å². The van der Waals surface area contributed by atoms with E-state index < -0.39 is 0 Å². The van der Waals surface area contributed by atoms with Crippen LogP contribution < -0.4 is 0 Å². The number of nitrogens with zero attached hydrogens (tertiary/aromatic N) is 2. The predicted octanol–water partition coefficient (Wildman–Crippen LogP) is 14.4. The van der Waals surface area contributed by atoms with Crippen LogP contribution in [0.4, 0.5) is 0 Å². The molecular formula is C52H38N2S. The van der Waals surface area contributed by atoms with Crippen molar-refractivity contribution < 1.29 is 0 Å². The van der Waals surface area contributed by atoms with Gasteiger partial charge in [-0.2, -0.15) is 0 Å². The summed E-state index contributed by atoms with van der Waals surface area (Å²) in [5.41, 5.74) is 16.1. The molecule has 2 aromatic heterocycles. The van der Waals surface area contributed by atoms with Crippen LogP contribution in [0.25, 0.3) is 87.5 Å². The van der Waals surface area contributed by atoms with Crippen LogP contribution in [0.15, 0.2) is 170 Å². The van der Waals surface area contributed by atoms with Gasteiger partial charge < -0.3 is 0 Å². The number of hydrogen-bond donors (Lipinski definition) is 0. The summed E-state index contributed by atoms with van der Waals surface area (Å²) in [6.45, 7) is 0.